The molecule has 3 aliphatic carbocycles. The SMILES string of the molecule is O=C(CCN1CCOCC1)N[C@@H]1CCN(C2C(F)CC3C(=O)C(C(=O)N4CCOCC4)=CN4C5CC6OC7CCCCC7C6CC5OC2C34)C1. The molecule has 276 valence electrons. The summed E-state index contributed by atoms with van der Waals surface area (Å²) in [7, 11) is 0. The van der Waals surface area contributed by atoms with Crippen LogP contribution in [0.15, 0.2) is 11.8 Å². The normalized spacial score (nSPS) is 43.4. The highest BCUT2D eigenvalue weighted by molar-refractivity contribution is 6.20. The second-order valence-electron chi connectivity index (χ2n) is 16.4. The number of carbonyl (C=O) groups excluding carboxylic acids is 3. The molecule has 5 saturated heterocycles. The first-order valence-electron chi connectivity index (χ1n) is 19.6. The maximum absolute atomic E-state index is 16.7. The number of carbonyl (C=O) groups is 3. The molecule has 8 fully saturated rings. The van der Waals surface area contributed by atoms with E-state index in [1.54, 1.807) is 4.90 Å². The molecule has 9 rings (SSSR count). The van der Waals surface area contributed by atoms with Gasteiger partial charge in [0.05, 0.1) is 74.5 Å². The topological polar surface area (TPSA) is 113 Å². The molecule has 1 N–H and O–H groups in total. The van der Waals surface area contributed by atoms with Gasteiger partial charge >= 0.3 is 0 Å². The summed E-state index contributed by atoms with van der Waals surface area (Å²) in [6.45, 7) is 6.85. The zero-order valence-corrected chi connectivity index (χ0v) is 29.2. The number of fused-ring (bicyclic) bond motifs is 5. The van der Waals surface area contributed by atoms with Crippen molar-refractivity contribution in [3.8, 4) is 0 Å². The summed E-state index contributed by atoms with van der Waals surface area (Å²) in [5.41, 5.74) is 0.183. The minimum absolute atomic E-state index is 0.0313. The van der Waals surface area contributed by atoms with Crippen LogP contribution in [0, 0.1) is 17.8 Å². The highest BCUT2D eigenvalue weighted by Gasteiger charge is 2.62. The summed E-state index contributed by atoms with van der Waals surface area (Å²) in [5, 5.41) is 3.23. The molecule has 6 aliphatic heterocycles. The van der Waals surface area contributed by atoms with E-state index in [0.717, 1.165) is 38.8 Å². The molecule has 2 amide bonds. The molecule has 13 heteroatoms. The van der Waals surface area contributed by atoms with Gasteiger partial charge in [-0.1, -0.05) is 12.8 Å². The van der Waals surface area contributed by atoms with E-state index >= 15 is 4.39 Å². The number of morpholine rings is 3. The van der Waals surface area contributed by atoms with Crippen molar-refractivity contribution in [2.24, 2.45) is 17.8 Å². The molecule has 6 heterocycles. The Hall–Kier alpha value is -2.16. The number of ketones is 1. The lowest BCUT2D eigenvalue weighted by molar-refractivity contribution is -0.220. The Morgan fingerprint density at radius 1 is 0.840 bits per heavy atom. The number of halogens is 1. The smallest absolute Gasteiger partial charge is 0.259 e. The minimum atomic E-state index is -1.29. The van der Waals surface area contributed by atoms with E-state index in [4.69, 9.17) is 18.9 Å². The van der Waals surface area contributed by atoms with Gasteiger partial charge in [0.25, 0.3) is 5.91 Å². The third kappa shape index (κ3) is 6.11. The Balaban J connectivity index is 0.960. The molecule has 0 bridgehead atoms. The summed E-state index contributed by atoms with van der Waals surface area (Å²) in [6, 6.07) is -0.948. The average Bonchev–Trinajstić information content (AvgIpc) is 3.75. The van der Waals surface area contributed by atoms with Crippen LogP contribution in [0.2, 0.25) is 0 Å². The van der Waals surface area contributed by atoms with E-state index in [-0.39, 0.29) is 59.9 Å². The van der Waals surface area contributed by atoms with Gasteiger partial charge in [-0.25, -0.2) is 4.39 Å². The van der Waals surface area contributed by atoms with Crippen LogP contribution in [0.5, 0.6) is 0 Å². The van der Waals surface area contributed by atoms with Crippen LogP contribution >= 0.6 is 0 Å². The molecule has 11 unspecified atom stereocenters. The third-order valence-electron chi connectivity index (χ3n) is 13.7. The van der Waals surface area contributed by atoms with Gasteiger partial charge in [0.15, 0.2) is 5.78 Å². The van der Waals surface area contributed by atoms with E-state index in [9.17, 15) is 14.4 Å². The summed E-state index contributed by atoms with van der Waals surface area (Å²) < 4.78 is 41.5. The molecular formula is C37H54FN5O7. The van der Waals surface area contributed by atoms with E-state index < -0.39 is 24.2 Å². The van der Waals surface area contributed by atoms with E-state index in [1.165, 1.54) is 19.3 Å². The second kappa shape index (κ2) is 14.0. The summed E-state index contributed by atoms with van der Waals surface area (Å²) in [6.07, 6.45) is 8.04. The number of hydrogen-bond donors (Lipinski definition) is 1. The largest absolute Gasteiger partial charge is 0.379 e. The van der Waals surface area contributed by atoms with Crippen molar-refractivity contribution in [1.29, 1.82) is 0 Å². The highest BCUT2D eigenvalue weighted by Crippen LogP contribution is 2.53. The number of hydrogen-bond acceptors (Lipinski definition) is 10. The van der Waals surface area contributed by atoms with Crippen molar-refractivity contribution in [3.05, 3.63) is 11.8 Å². The summed E-state index contributed by atoms with van der Waals surface area (Å²) >= 11 is 0. The van der Waals surface area contributed by atoms with Crippen LogP contribution in [0.25, 0.3) is 0 Å². The van der Waals surface area contributed by atoms with Gasteiger partial charge in [-0.3, -0.25) is 24.2 Å². The Morgan fingerprint density at radius 2 is 1.62 bits per heavy atom. The molecule has 3 saturated carbocycles. The van der Waals surface area contributed by atoms with Crippen molar-refractivity contribution in [2.45, 2.75) is 113 Å². The van der Waals surface area contributed by atoms with E-state index in [1.807, 2.05) is 6.20 Å². The summed E-state index contributed by atoms with van der Waals surface area (Å²) in [4.78, 5) is 49.5. The molecule has 0 aromatic heterocycles. The predicted molar refractivity (Wildman–Crippen MR) is 179 cm³/mol. The lowest BCUT2D eigenvalue weighted by Gasteiger charge is -2.61. The van der Waals surface area contributed by atoms with E-state index in [0.29, 0.717) is 83.5 Å². The predicted octanol–water partition coefficient (Wildman–Crippen LogP) is 1.13. The van der Waals surface area contributed by atoms with Crippen molar-refractivity contribution < 1.29 is 37.7 Å². The maximum Gasteiger partial charge on any atom is 0.259 e. The van der Waals surface area contributed by atoms with Crippen molar-refractivity contribution in [1.82, 2.24) is 24.9 Å². The monoisotopic (exact) mass is 699 g/mol. The molecule has 0 aromatic carbocycles. The molecule has 0 aromatic rings. The van der Waals surface area contributed by atoms with Crippen LogP contribution in [0.4, 0.5) is 4.39 Å². The number of rotatable bonds is 6. The molecule has 9 aliphatic rings. The van der Waals surface area contributed by atoms with Gasteiger partial charge < -0.3 is 34.1 Å². The van der Waals surface area contributed by atoms with Gasteiger partial charge in [0, 0.05) is 70.4 Å². The van der Waals surface area contributed by atoms with Gasteiger partial charge in [-0.2, -0.15) is 0 Å². The average molecular weight is 700 g/mol. The first kappa shape index (κ1) is 33.7. The quantitative estimate of drug-likeness (QED) is 0.405. The van der Waals surface area contributed by atoms with Gasteiger partial charge in [0.1, 0.15) is 6.17 Å². The molecule has 0 spiro atoms. The fourth-order valence-corrected chi connectivity index (χ4v) is 11.3. The maximum atomic E-state index is 16.7. The van der Waals surface area contributed by atoms with Crippen LogP contribution < -0.4 is 5.32 Å². The van der Waals surface area contributed by atoms with Crippen LogP contribution in [-0.4, -0.2) is 164 Å². The van der Waals surface area contributed by atoms with Crippen molar-refractivity contribution >= 4 is 17.6 Å². The number of Topliss-reactive ketones (excluding diaryl/α,β-unsaturated/α-hetero) is 1. The van der Waals surface area contributed by atoms with Gasteiger partial charge in [0.2, 0.25) is 5.91 Å². The number of amides is 2. The Labute approximate surface area is 294 Å². The number of nitrogens with zero attached hydrogens (tertiary/aromatic N) is 4. The Bertz CT molecular complexity index is 1340. The molecule has 0 radical (unpaired) electrons. The van der Waals surface area contributed by atoms with Crippen LogP contribution in [-0.2, 0) is 33.3 Å². The van der Waals surface area contributed by atoms with Gasteiger partial charge in [-0.05, 0) is 50.4 Å². The van der Waals surface area contributed by atoms with Crippen molar-refractivity contribution in [3.63, 3.8) is 0 Å². The Morgan fingerprint density at radius 3 is 2.44 bits per heavy atom. The third-order valence-corrected chi connectivity index (χ3v) is 13.7. The van der Waals surface area contributed by atoms with Crippen LogP contribution in [0.1, 0.15) is 57.8 Å². The first-order valence-corrected chi connectivity index (χ1v) is 19.6. The molecule has 12 atom stereocenters. The number of alkyl halides is 1. The fraction of sp³-hybridized carbons (Fsp3) is 0.865. The second-order valence-corrected chi connectivity index (χ2v) is 16.4. The zero-order chi connectivity index (χ0) is 33.9. The number of likely N-dealkylation sites (tertiary alicyclic amines) is 1. The molecule has 50 heavy (non-hydrogen) atoms. The highest BCUT2D eigenvalue weighted by atomic mass is 19.1. The standard InChI is InChI=1S/C37H54FN5O7/c38-27-17-25-33-36(34(27)42-8-5-22(20-42)39-32(44)6-7-40-9-13-47-14-10-40)50-31-18-24-23-3-1-2-4-29(23)49-30(24)19-28(31)43(33)21-26(35(25)45)37(46)41-11-15-48-16-12-41/h21-25,27-31,33-34,36H,1-20H2,(H,39,44)/t22-,23?,24?,25?,27?,28?,29?,30?,31?,33?,34?,36?/m1/s1. The zero-order valence-electron chi connectivity index (χ0n) is 29.2. The number of ether oxygens (including phenoxy) is 4. The minimum Gasteiger partial charge on any atom is -0.379 e. The van der Waals surface area contributed by atoms with Gasteiger partial charge in [-0.15, -0.1) is 0 Å². The van der Waals surface area contributed by atoms with Crippen molar-refractivity contribution in [2.75, 3.05) is 72.2 Å². The van der Waals surface area contributed by atoms with Crippen LogP contribution in [0.3, 0.4) is 0 Å². The Kier molecular flexibility index (Phi) is 9.43. The van der Waals surface area contributed by atoms with E-state index in [2.05, 4.69) is 20.0 Å². The first-order chi connectivity index (χ1) is 24.4. The lowest BCUT2D eigenvalue weighted by atomic mass is 9.67. The number of nitrogens with one attached hydrogen (secondary N) is 1. The lowest BCUT2D eigenvalue weighted by Crippen LogP contribution is -2.73. The molecule has 12 nitrogen and oxygen atoms in total. The molecular weight excluding hydrogens is 645 g/mol. The summed E-state index contributed by atoms with van der Waals surface area (Å²) in [5.74, 6) is -0.171. The fourth-order valence-electron chi connectivity index (χ4n) is 11.3.